The van der Waals surface area contributed by atoms with Crippen LogP contribution in [0.3, 0.4) is 0 Å². The summed E-state index contributed by atoms with van der Waals surface area (Å²) in [6.45, 7) is 10.2. The van der Waals surface area contributed by atoms with E-state index in [1.165, 1.54) is 6.39 Å². The number of carbonyl (C=O) groups excluding carboxylic acids is 1. The standard InChI is InChI=1S/C16H28N4O3/c1-12(17-8-7-14-18-11-22-19-14)13-6-5-9-20(10-13)15(21)23-16(2,3)4/h11-13,17H,5-10H2,1-4H3. The average molecular weight is 324 g/mol. The molecule has 0 aliphatic carbocycles. The van der Waals surface area contributed by atoms with E-state index < -0.39 is 5.60 Å². The lowest BCUT2D eigenvalue weighted by molar-refractivity contribution is 0.0149. The molecule has 2 rings (SSSR count). The molecule has 2 unspecified atom stereocenters. The number of likely N-dealkylation sites (tertiary alicyclic amines) is 1. The molecule has 1 aromatic heterocycles. The number of hydrogen-bond acceptors (Lipinski definition) is 6. The van der Waals surface area contributed by atoms with Gasteiger partial charge in [-0.2, -0.15) is 4.98 Å². The van der Waals surface area contributed by atoms with Crippen LogP contribution in [-0.2, 0) is 11.2 Å². The monoisotopic (exact) mass is 324 g/mol. The lowest BCUT2D eigenvalue weighted by atomic mass is 9.91. The van der Waals surface area contributed by atoms with E-state index in [-0.39, 0.29) is 6.09 Å². The van der Waals surface area contributed by atoms with Crippen LogP contribution in [0.25, 0.3) is 0 Å². The van der Waals surface area contributed by atoms with Crippen LogP contribution in [0.15, 0.2) is 10.9 Å². The second-order valence-corrected chi connectivity index (χ2v) is 7.17. The minimum Gasteiger partial charge on any atom is -0.444 e. The summed E-state index contributed by atoms with van der Waals surface area (Å²) < 4.78 is 10.2. The molecule has 0 spiro atoms. The maximum absolute atomic E-state index is 12.2. The predicted molar refractivity (Wildman–Crippen MR) is 86.0 cm³/mol. The third-order valence-electron chi connectivity index (χ3n) is 4.04. The van der Waals surface area contributed by atoms with Crippen LogP contribution >= 0.6 is 0 Å². The molecule has 0 aromatic carbocycles. The summed E-state index contributed by atoms with van der Waals surface area (Å²) in [4.78, 5) is 18.0. The van der Waals surface area contributed by atoms with Gasteiger partial charge in [0, 0.05) is 32.1 Å². The van der Waals surface area contributed by atoms with Gasteiger partial charge in [0.2, 0.25) is 6.39 Å². The zero-order valence-corrected chi connectivity index (χ0v) is 14.5. The van der Waals surface area contributed by atoms with E-state index in [4.69, 9.17) is 9.26 Å². The second-order valence-electron chi connectivity index (χ2n) is 7.17. The number of nitrogens with one attached hydrogen (secondary N) is 1. The van der Waals surface area contributed by atoms with Gasteiger partial charge in [-0.1, -0.05) is 5.16 Å². The molecule has 1 amide bonds. The van der Waals surface area contributed by atoms with Gasteiger partial charge in [-0.25, -0.2) is 4.79 Å². The summed E-state index contributed by atoms with van der Waals surface area (Å²) in [7, 11) is 0. The summed E-state index contributed by atoms with van der Waals surface area (Å²) in [5.41, 5.74) is -0.446. The first-order chi connectivity index (χ1) is 10.8. The van der Waals surface area contributed by atoms with Crippen molar-refractivity contribution in [2.75, 3.05) is 19.6 Å². The van der Waals surface area contributed by atoms with Gasteiger partial charge < -0.3 is 19.5 Å². The first-order valence-corrected chi connectivity index (χ1v) is 8.32. The molecule has 1 N–H and O–H groups in total. The highest BCUT2D eigenvalue weighted by molar-refractivity contribution is 5.68. The van der Waals surface area contributed by atoms with Crippen LogP contribution in [0.2, 0.25) is 0 Å². The summed E-state index contributed by atoms with van der Waals surface area (Å²) in [5.74, 6) is 1.14. The maximum Gasteiger partial charge on any atom is 0.410 e. The maximum atomic E-state index is 12.2. The number of aromatic nitrogens is 2. The van der Waals surface area contributed by atoms with E-state index in [9.17, 15) is 4.79 Å². The van der Waals surface area contributed by atoms with Gasteiger partial charge in [0.25, 0.3) is 0 Å². The number of rotatable bonds is 5. The Labute approximate surface area is 137 Å². The second kappa shape index (κ2) is 7.77. The quantitative estimate of drug-likeness (QED) is 0.894. The lowest BCUT2D eigenvalue weighted by Crippen LogP contribution is -2.48. The topological polar surface area (TPSA) is 80.5 Å². The van der Waals surface area contributed by atoms with E-state index in [1.807, 2.05) is 25.7 Å². The van der Waals surface area contributed by atoms with Crippen molar-refractivity contribution in [3.63, 3.8) is 0 Å². The Balaban J connectivity index is 1.76. The molecule has 1 aliphatic heterocycles. The highest BCUT2D eigenvalue weighted by Gasteiger charge is 2.29. The van der Waals surface area contributed by atoms with Crippen molar-refractivity contribution in [2.24, 2.45) is 5.92 Å². The van der Waals surface area contributed by atoms with E-state index in [1.54, 1.807) is 0 Å². The Hall–Kier alpha value is -1.63. The van der Waals surface area contributed by atoms with Crippen LogP contribution in [-0.4, -0.2) is 52.4 Å². The molecule has 7 heteroatoms. The summed E-state index contributed by atoms with van der Waals surface area (Å²) >= 11 is 0. The van der Waals surface area contributed by atoms with Crippen molar-refractivity contribution < 1.29 is 14.1 Å². The minimum absolute atomic E-state index is 0.207. The van der Waals surface area contributed by atoms with Gasteiger partial charge in [-0.05, 0) is 46.5 Å². The third kappa shape index (κ3) is 5.82. The molecule has 1 aromatic rings. The van der Waals surface area contributed by atoms with Crippen molar-refractivity contribution >= 4 is 6.09 Å². The summed E-state index contributed by atoms with van der Waals surface area (Å²) in [6, 6.07) is 0.326. The summed E-state index contributed by atoms with van der Waals surface area (Å²) in [6.07, 6.45) is 4.01. The van der Waals surface area contributed by atoms with E-state index in [0.29, 0.717) is 17.8 Å². The number of nitrogens with zero attached hydrogens (tertiary/aromatic N) is 3. The normalized spacial score (nSPS) is 20.3. The fraction of sp³-hybridized carbons (Fsp3) is 0.812. The molecule has 7 nitrogen and oxygen atoms in total. The van der Waals surface area contributed by atoms with E-state index >= 15 is 0 Å². The van der Waals surface area contributed by atoms with Gasteiger partial charge in [-0.15, -0.1) is 0 Å². The SMILES string of the molecule is CC(NCCc1ncon1)C1CCCN(C(=O)OC(C)(C)C)C1. The zero-order valence-electron chi connectivity index (χ0n) is 14.5. The van der Waals surface area contributed by atoms with Crippen LogP contribution < -0.4 is 5.32 Å². The molecular weight excluding hydrogens is 296 g/mol. The molecular formula is C16H28N4O3. The highest BCUT2D eigenvalue weighted by Crippen LogP contribution is 2.21. The molecule has 0 radical (unpaired) electrons. The van der Waals surface area contributed by atoms with Crippen molar-refractivity contribution in [2.45, 2.75) is 58.6 Å². The van der Waals surface area contributed by atoms with Gasteiger partial charge in [0.15, 0.2) is 5.82 Å². The molecule has 1 saturated heterocycles. The molecule has 0 saturated carbocycles. The lowest BCUT2D eigenvalue weighted by Gasteiger charge is -2.36. The van der Waals surface area contributed by atoms with Crippen molar-refractivity contribution in [1.29, 1.82) is 0 Å². The van der Waals surface area contributed by atoms with Gasteiger partial charge in [0.1, 0.15) is 5.60 Å². The third-order valence-corrected chi connectivity index (χ3v) is 4.04. The number of ether oxygens (including phenoxy) is 1. The number of piperidine rings is 1. The van der Waals surface area contributed by atoms with Crippen LogP contribution in [0.5, 0.6) is 0 Å². The molecule has 2 atom stereocenters. The Morgan fingerprint density at radius 2 is 2.35 bits per heavy atom. The Morgan fingerprint density at radius 1 is 1.57 bits per heavy atom. The van der Waals surface area contributed by atoms with Crippen LogP contribution in [0.1, 0.15) is 46.4 Å². The number of carbonyl (C=O) groups is 1. The summed E-state index contributed by atoms with van der Waals surface area (Å²) in [5, 5.41) is 7.30. The first-order valence-electron chi connectivity index (χ1n) is 8.32. The van der Waals surface area contributed by atoms with Gasteiger partial charge >= 0.3 is 6.09 Å². The van der Waals surface area contributed by atoms with Gasteiger partial charge in [-0.3, -0.25) is 0 Å². The average Bonchev–Trinajstić information content (AvgIpc) is 2.99. The molecule has 1 fully saturated rings. The molecule has 2 heterocycles. The Morgan fingerprint density at radius 3 is 3.00 bits per heavy atom. The number of hydrogen-bond donors (Lipinski definition) is 1. The van der Waals surface area contributed by atoms with Crippen LogP contribution in [0.4, 0.5) is 4.79 Å². The Bertz CT molecular complexity index is 484. The minimum atomic E-state index is -0.446. The molecule has 23 heavy (non-hydrogen) atoms. The van der Waals surface area contributed by atoms with Crippen LogP contribution in [0, 0.1) is 5.92 Å². The fourth-order valence-electron chi connectivity index (χ4n) is 2.79. The highest BCUT2D eigenvalue weighted by atomic mass is 16.6. The van der Waals surface area contributed by atoms with E-state index in [2.05, 4.69) is 22.4 Å². The Kier molecular flexibility index (Phi) is 5.98. The largest absolute Gasteiger partial charge is 0.444 e. The smallest absolute Gasteiger partial charge is 0.410 e. The number of amides is 1. The van der Waals surface area contributed by atoms with E-state index in [0.717, 1.165) is 38.9 Å². The van der Waals surface area contributed by atoms with Crippen molar-refractivity contribution in [3.05, 3.63) is 12.2 Å². The van der Waals surface area contributed by atoms with Gasteiger partial charge in [0.05, 0.1) is 0 Å². The molecule has 1 aliphatic rings. The molecule has 0 bridgehead atoms. The van der Waals surface area contributed by atoms with Crippen molar-refractivity contribution in [1.82, 2.24) is 20.4 Å². The molecule has 130 valence electrons. The fourth-order valence-corrected chi connectivity index (χ4v) is 2.79. The zero-order chi connectivity index (χ0) is 16.9. The predicted octanol–water partition coefficient (Wildman–Crippen LogP) is 2.24. The van der Waals surface area contributed by atoms with Crippen molar-refractivity contribution in [3.8, 4) is 0 Å². The first kappa shape index (κ1) is 17.7.